The van der Waals surface area contributed by atoms with Gasteiger partial charge in [-0.15, -0.1) is 0 Å². The van der Waals surface area contributed by atoms with Gasteiger partial charge in [-0.1, -0.05) is 13.8 Å². The van der Waals surface area contributed by atoms with Crippen LogP contribution in [0.5, 0.6) is 0 Å². The number of nitrogens with one attached hydrogen (secondary N) is 4. The second kappa shape index (κ2) is 11.0. The molecule has 3 saturated heterocycles. The van der Waals surface area contributed by atoms with E-state index in [1.165, 1.54) is 0 Å². The van der Waals surface area contributed by atoms with E-state index in [9.17, 15) is 17.6 Å². The van der Waals surface area contributed by atoms with Gasteiger partial charge >= 0.3 is 6.18 Å². The SMILES string of the molecule is CC(C)C1CC(F)CCC1C1NCC2C(N1)N(CC1CCC(C3NC(C(F)(F)F)CN3C)CC1)C(=N)N2C. The van der Waals surface area contributed by atoms with E-state index < -0.39 is 18.4 Å². The average molecular weight is 546 g/mol. The Balaban J connectivity index is 1.19. The van der Waals surface area contributed by atoms with Crippen molar-refractivity contribution in [2.75, 3.05) is 33.7 Å². The van der Waals surface area contributed by atoms with Crippen LogP contribution in [0.3, 0.4) is 0 Å². The molecule has 4 N–H and O–H groups in total. The van der Waals surface area contributed by atoms with Crippen LogP contribution in [0.4, 0.5) is 17.6 Å². The Labute approximate surface area is 224 Å². The summed E-state index contributed by atoms with van der Waals surface area (Å²) in [6.45, 7) is 6.00. The summed E-state index contributed by atoms with van der Waals surface area (Å²) in [5.41, 5.74) is 0. The van der Waals surface area contributed by atoms with Crippen molar-refractivity contribution >= 4 is 5.96 Å². The number of likely N-dealkylation sites (N-methyl/N-ethyl adjacent to an activating group) is 2. The molecular formula is C27H47F4N7. The van der Waals surface area contributed by atoms with E-state index in [0.29, 0.717) is 42.5 Å². The zero-order valence-electron chi connectivity index (χ0n) is 23.3. The Morgan fingerprint density at radius 3 is 2.34 bits per heavy atom. The fraction of sp³-hybridized carbons (Fsp3) is 0.963. The van der Waals surface area contributed by atoms with Gasteiger partial charge in [-0.25, -0.2) is 4.39 Å². The van der Waals surface area contributed by atoms with Gasteiger partial charge in [-0.05, 0) is 81.6 Å². The van der Waals surface area contributed by atoms with E-state index in [2.05, 4.69) is 39.6 Å². The predicted molar refractivity (Wildman–Crippen MR) is 140 cm³/mol. The molecule has 0 aromatic rings. The molecule has 0 aromatic heterocycles. The summed E-state index contributed by atoms with van der Waals surface area (Å²) in [4.78, 5) is 6.10. The molecule has 7 nitrogen and oxygen atoms in total. The van der Waals surface area contributed by atoms with E-state index in [1.807, 2.05) is 11.9 Å². The lowest BCUT2D eigenvalue weighted by atomic mass is 9.71. The third-order valence-corrected chi connectivity index (χ3v) is 10.4. The van der Waals surface area contributed by atoms with Gasteiger partial charge in [-0.3, -0.25) is 26.3 Å². The molecule has 0 spiro atoms. The molecule has 0 bridgehead atoms. The number of fused-ring (bicyclic) bond motifs is 1. The summed E-state index contributed by atoms with van der Waals surface area (Å²) in [7, 11) is 3.78. The summed E-state index contributed by atoms with van der Waals surface area (Å²) < 4.78 is 54.0. The van der Waals surface area contributed by atoms with E-state index >= 15 is 0 Å². The minimum atomic E-state index is -4.21. The lowest BCUT2D eigenvalue weighted by Gasteiger charge is -2.47. The summed E-state index contributed by atoms with van der Waals surface area (Å²) in [5.74, 6) is 2.31. The normalized spacial score (nSPS) is 43.2. The smallest absolute Gasteiger partial charge is 0.338 e. The first kappa shape index (κ1) is 28.4. The fourth-order valence-electron chi connectivity index (χ4n) is 8.13. The summed E-state index contributed by atoms with van der Waals surface area (Å²) in [5, 5.41) is 19.3. The molecule has 8 atom stereocenters. The van der Waals surface area contributed by atoms with E-state index in [-0.39, 0.29) is 37.0 Å². The zero-order valence-corrected chi connectivity index (χ0v) is 23.3. The molecule has 0 amide bonds. The molecule has 0 aromatic carbocycles. The van der Waals surface area contributed by atoms with Crippen LogP contribution in [0, 0.1) is 35.0 Å². The second-order valence-electron chi connectivity index (χ2n) is 13.1. The Bertz CT molecular complexity index is 833. The molecule has 5 aliphatic rings. The van der Waals surface area contributed by atoms with Crippen LogP contribution in [0.25, 0.3) is 0 Å². The Morgan fingerprint density at radius 1 is 1.00 bits per heavy atom. The number of nitrogens with zero attached hydrogens (tertiary/aromatic N) is 3. The lowest BCUT2D eigenvalue weighted by molar-refractivity contribution is -0.150. The van der Waals surface area contributed by atoms with Gasteiger partial charge < -0.3 is 9.80 Å². The molecule has 3 heterocycles. The second-order valence-corrected chi connectivity index (χ2v) is 13.1. The Hall–Kier alpha value is -1.17. The summed E-state index contributed by atoms with van der Waals surface area (Å²) in [6, 6.07) is -1.28. The maximum atomic E-state index is 14.3. The minimum absolute atomic E-state index is 0.0138. The van der Waals surface area contributed by atoms with Gasteiger partial charge in [0, 0.05) is 26.7 Å². The van der Waals surface area contributed by atoms with Crippen LogP contribution in [-0.4, -0.2) is 97.3 Å². The van der Waals surface area contributed by atoms with E-state index in [1.54, 1.807) is 7.05 Å². The first-order chi connectivity index (χ1) is 17.9. The summed E-state index contributed by atoms with van der Waals surface area (Å²) >= 11 is 0. The third kappa shape index (κ3) is 5.54. The van der Waals surface area contributed by atoms with Gasteiger partial charge in [0.25, 0.3) is 0 Å². The summed E-state index contributed by atoms with van der Waals surface area (Å²) in [6.07, 6.45) is 0.904. The fourth-order valence-corrected chi connectivity index (χ4v) is 8.13. The van der Waals surface area contributed by atoms with Gasteiger partial charge in [0.05, 0.1) is 18.4 Å². The number of hydrogen-bond acceptors (Lipinski definition) is 5. The molecule has 8 unspecified atom stereocenters. The highest BCUT2D eigenvalue weighted by Crippen LogP contribution is 2.40. The number of halogens is 4. The molecule has 2 aliphatic carbocycles. The molecule has 218 valence electrons. The van der Waals surface area contributed by atoms with Gasteiger partial charge in [0.15, 0.2) is 5.96 Å². The Morgan fingerprint density at radius 2 is 1.71 bits per heavy atom. The van der Waals surface area contributed by atoms with Crippen LogP contribution in [0.1, 0.15) is 58.8 Å². The molecular weight excluding hydrogens is 498 g/mol. The maximum absolute atomic E-state index is 14.3. The highest BCUT2D eigenvalue weighted by molar-refractivity contribution is 5.80. The molecule has 5 fully saturated rings. The van der Waals surface area contributed by atoms with Crippen molar-refractivity contribution in [2.45, 2.75) is 102 Å². The van der Waals surface area contributed by atoms with Crippen molar-refractivity contribution < 1.29 is 17.6 Å². The maximum Gasteiger partial charge on any atom is 0.405 e. The number of hydrogen-bond donors (Lipinski definition) is 4. The standard InChI is InChI=1S/C27H47F4N7/c1-15(2)20-11-18(28)9-10-19(20)23-33-12-21-25(35-23)38(26(32)37(21)4)13-16-5-7-17(8-6-16)24-34-22(14-36(24)3)27(29,30)31/h15-25,32-35H,5-14H2,1-4H3. The van der Waals surface area contributed by atoms with Gasteiger partial charge in [-0.2, -0.15) is 13.2 Å². The van der Waals surface area contributed by atoms with Crippen LogP contribution in [0.2, 0.25) is 0 Å². The highest BCUT2D eigenvalue weighted by atomic mass is 19.4. The Kier molecular flexibility index (Phi) is 8.22. The predicted octanol–water partition coefficient (Wildman–Crippen LogP) is 3.39. The molecule has 11 heteroatoms. The van der Waals surface area contributed by atoms with Crippen LogP contribution in [0.15, 0.2) is 0 Å². The number of alkyl halides is 4. The molecule has 2 saturated carbocycles. The number of guanidine groups is 1. The molecule has 5 rings (SSSR count). The highest BCUT2D eigenvalue weighted by Gasteiger charge is 2.50. The topological polar surface area (TPSA) is 69.7 Å². The van der Waals surface area contributed by atoms with Gasteiger partial charge in [0.1, 0.15) is 18.4 Å². The third-order valence-electron chi connectivity index (χ3n) is 10.4. The molecule has 3 aliphatic heterocycles. The van der Waals surface area contributed by atoms with E-state index in [0.717, 1.165) is 45.2 Å². The van der Waals surface area contributed by atoms with Crippen LogP contribution < -0.4 is 16.0 Å². The van der Waals surface area contributed by atoms with E-state index in [4.69, 9.17) is 5.41 Å². The van der Waals surface area contributed by atoms with Crippen molar-refractivity contribution in [3.8, 4) is 0 Å². The lowest BCUT2D eigenvalue weighted by Crippen LogP contribution is -2.67. The van der Waals surface area contributed by atoms with Crippen molar-refractivity contribution in [3.63, 3.8) is 0 Å². The van der Waals surface area contributed by atoms with Crippen LogP contribution in [-0.2, 0) is 0 Å². The monoisotopic (exact) mass is 545 g/mol. The largest absolute Gasteiger partial charge is 0.405 e. The van der Waals surface area contributed by atoms with Crippen molar-refractivity contribution in [1.29, 1.82) is 5.41 Å². The molecule has 0 radical (unpaired) electrons. The van der Waals surface area contributed by atoms with Crippen molar-refractivity contribution in [3.05, 3.63) is 0 Å². The van der Waals surface area contributed by atoms with Crippen molar-refractivity contribution in [2.24, 2.45) is 29.6 Å². The first-order valence-corrected chi connectivity index (χ1v) is 14.7. The minimum Gasteiger partial charge on any atom is -0.338 e. The van der Waals surface area contributed by atoms with Crippen LogP contribution >= 0.6 is 0 Å². The van der Waals surface area contributed by atoms with Gasteiger partial charge in [0.2, 0.25) is 0 Å². The number of rotatable bonds is 5. The first-order valence-electron chi connectivity index (χ1n) is 14.7. The zero-order chi connectivity index (χ0) is 27.4. The quantitative estimate of drug-likeness (QED) is 0.397. The van der Waals surface area contributed by atoms with Crippen molar-refractivity contribution in [1.82, 2.24) is 30.7 Å². The average Bonchev–Trinajstić information content (AvgIpc) is 3.38. The molecule has 38 heavy (non-hydrogen) atoms.